The van der Waals surface area contributed by atoms with Crippen molar-refractivity contribution in [3.05, 3.63) is 11.6 Å². The highest BCUT2D eigenvalue weighted by Gasteiger charge is 2.35. The van der Waals surface area contributed by atoms with Gasteiger partial charge in [-0.3, -0.25) is 0 Å². The lowest BCUT2D eigenvalue weighted by atomic mass is 9.98. The largest absolute Gasteiger partial charge is 0.391 e. The normalized spacial score (nSPS) is 16.0. The zero-order valence-electron chi connectivity index (χ0n) is 8.41. The van der Waals surface area contributed by atoms with Crippen molar-refractivity contribution in [2.75, 3.05) is 0 Å². The molecule has 0 aliphatic carbocycles. The molecule has 1 unspecified atom stereocenters. The summed E-state index contributed by atoms with van der Waals surface area (Å²) in [6.07, 6.45) is -0.486. The van der Waals surface area contributed by atoms with Crippen LogP contribution in [0.1, 0.15) is 40.0 Å². The van der Waals surface area contributed by atoms with Crippen LogP contribution < -0.4 is 0 Å². The maximum absolute atomic E-state index is 12.2. The van der Waals surface area contributed by atoms with Crippen molar-refractivity contribution in [3.8, 4) is 0 Å². The van der Waals surface area contributed by atoms with E-state index in [0.29, 0.717) is 6.42 Å². The van der Waals surface area contributed by atoms with E-state index in [0.717, 1.165) is 12.0 Å². The fraction of sp³-hybridized carbons (Fsp3) is 0.800. The monoisotopic (exact) mass is 194 g/mol. The van der Waals surface area contributed by atoms with Gasteiger partial charge in [-0.15, -0.1) is 0 Å². The van der Waals surface area contributed by atoms with Gasteiger partial charge in [0.05, 0.1) is 5.92 Å². The van der Waals surface area contributed by atoms with Crippen molar-refractivity contribution < 1.29 is 13.2 Å². The molecule has 0 aromatic carbocycles. The summed E-state index contributed by atoms with van der Waals surface area (Å²) in [5.74, 6) is -1.22. The Balaban J connectivity index is 4.17. The second-order valence-electron chi connectivity index (χ2n) is 3.27. The second kappa shape index (κ2) is 5.30. The van der Waals surface area contributed by atoms with Gasteiger partial charge in [0, 0.05) is 0 Å². The topological polar surface area (TPSA) is 0 Å². The lowest BCUT2D eigenvalue weighted by Crippen LogP contribution is -2.20. The number of halogens is 3. The summed E-state index contributed by atoms with van der Waals surface area (Å²) >= 11 is 0. The number of hydrogen-bond donors (Lipinski definition) is 0. The molecule has 0 N–H and O–H groups in total. The van der Waals surface area contributed by atoms with Crippen LogP contribution in [0.25, 0.3) is 0 Å². The lowest BCUT2D eigenvalue weighted by Gasteiger charge is -2.16. The molecule has 0 spiro atoms. The Morgan fingerprint density at radius 2 is 1.85 bits per heavy atom. The highest BCUT2D eigenvalue weighted by Crippen LogP contribution is 2.31. The molecule has 0 rings (SSSR count). The van der Waals surface area contributed by atoms with Gasteiger partial charge >= 0.3 is 6.18 Å². The lowest BCUT2D eigenvalue weighted by molar-refractivity contribution is -0.169. The summed E-state index contributed by atoms with van der Waals surface area (Å²) in [5.41, 5.74) is 0.910. The van der Waals surface area contributed by atoms with Gasteiger partial charge in [-0.25, -0.2) is 0 Å². The average molecular weight is 194 g/mol. The molecule has 0 saturated heterocycles. The van der Waals surface area contributed by atoms with Crippen molar-refractivity contribution in [1.82, 2.24) is 0 Å². The summed E-state index contributed by atoms with van der Waals surface area (Å²) in [6, 6.07) is 0. The van der Waals surface area contributed by atoms with Crippen LogP contribution in [0.3, 0.4) is 0 Å². The zero-order chi connectivity index (χ0) is 10.5. The van der Waals surface area contributed by atoms with Crippen molar-refractivity contribution in [1.29, 1.82) is 0 Å². The first kappa shape index (κ1) is 12.5. The zero-order valence-corrected chi connectivity index (χ0v) is 8.41. The standard InChI is InChI=1S/C10H17F3/c1-4-6-9(5-2)7-8(3)10(11,12)13/h6,8H,4-5,7H2,1-3H3/b9-6-. The predicted octanol–water partition coefficient (Wildman–Crippen LogP) is 4.32. The van der Waals surface area contributed by atoms with E-state index in [9.17, 15) is 13.2 Å². The molecule has 1 atom stereocenters. The highest BCUT2D eigenvalue weighted by molar-refractivity contribution is 5.02. The van der Waals surface area contributed by atoms with Gasteiger partial charge < -0.3 is 0 Å². The van der Waals surface area contributed by atoms with Crippen molar-refractivity contribution >= 4 is 0 Å². The van der Waals surface area contributed by atoms with E-state index in [4.69, 9.17) is 0 Å². The van der Waals surface area contributed by atoms with Crippen molar-refractivity contribution in [2.24, 2.45) is 5.92 Å². The minimum atomic E-state index is -4.05. The van der Waals surface area contributed by atoms with E-state index >= 15 is 0 Å². The third-order valence-corrected chi connectivity index (χ3v) is 2.07. The fourth-order valence-electron chi connectivity index (χ4n) is 1.17. The Morgan fingerprint density at radius 3 is 2.15 bits per heavy atom. The molecule has 0 saturated carbocycles. The first-order valence-electron chi connectivity index (χ1n) is 4.66. The molecule has 3 heteroatoms. The second-order valence-corrected chi connectivity index (χ2v) is 3.27. The fourth-order valence-corrected chi connectivity index (χ4v) is 1.17. The Bertz CT molecular complexity index is 167. The summed E-state index contributed by atoms with van der Waals surface area (Å²) in [4.78, 5) is 0. The van der Waals surface area contributed by atoms with Gasteiger partial charge in [-0.2, -0.15) is 13.2 Å². The van der Waals surface area contributed by atoms with Gasteiger partial charge in [0.1, 0.15) is 0 Å². The van der Waals surface area contributed by atoms with Gasteiger partial charge in [0.15, 0.2) is 0 Å². The van der Waals surface area contributed by atoms with Crippen molar-refractivity contribution in [3.63, 3.8) is 0 Å². The first-order valence-corrected chi connectivity index (χ1v) is 4.66. The molecular formula is C10H17F3. The molecule has 0 fully saturated rings. The maximum atomic E-state index is 12.2. The third-order valence-electron chi connectivity index (χ3n) is 2.07. The Hall–Kier alpha value is -0.470. The molecule has 0 amide bonds. The van der Waals surface area contributed by atoms with Crippen molar-refractivity contribution in [2.45, 2.75) is 46.2 Å². The van der Waals surface area contributed by atoms with Crippen LogP contribution in [0, 0.1) is 5.92 Å². The average Bonchev–Trinajstić information content (AvgIpc) is 2.01. The molecule has 0 nitrogen and oxygen atoms in total. The number of rotatable bonds is 4. The summed E-state index contributed by atoms with van der Waals surface area (Å²) in [5, 5.41) is 0. The molecular weight excluding hydrogens is 177 g/mol. The summed E-state index contributed by atoms with van der Waals surface area (Å²) in [6.45, 7) is 5.07. The number of alkyl halides is 3. The first-order chi connectivity index (χ1) is 5.91. The Kier molecular flexibility index (Phi) is 5.11. The van der Waals surface area contributed by atoms with E-state index < -0.39 is 12.1 Å². The third kappa shape index (κ3) is 4.96. The molecule has 13 heavy (non-hydrogen) atoms. The van der Waals surface area contributed by atoms with E-state index in [1.54, 1.807) is 0 Å². The van der Waals surface area contributed by atoms with E-state index in [1.165, 1.54) is 6.92 Å². The molecule has 0 aliphatic rings. The summed E-state index contributed by atoms with van der Waals surface area (Å²) < 4.78 is 36.5. The van der Waals surface area contributed by atoms with Gasteiger partial charge in [-0.05, 0) is 19.3 Å². The number of allylic oxidation sites excluding steroid dienone is 2. The van der Waals surface area contributed by atoms with Crippen LogP contribution in [0.15, 0.2) is 11.6 Å². The molecule has 78 valence electrons. The minimum absolute atomic E-state index is 0.147. The Labute approximate surface area is 77.8 Å². The van der Waals surface area contributed by atoms with Gasteiger partial charge in [-0.1, -0.05) is 32.4 Å². The molecule has 0 aromatic heterocycles. The Morgan fingerprint density at radius 1 is 1.31 bits per heavy atom. The SMILES string of the molecule is CC/C=C(/CC)CC(C)C(F)(F)F. The minimum Gasteiger partial charge on any atom is -0.171 e. The molecule has 0 aliphatic heterocycles. The summed E-state index contributed by atoms with van der Waals surface area (Å²) in [7, 11) is 0. The van der Waals surface area contributed by atoms with Gasteiger partial charge in [0.2, 0.25) is 0 Å². The number of hydrogen-bond acceptors (Lipinski definition) is 0. The maximum Gasteiger partial charge on any atom is 0.391 e. The van der Waals surface area contributed by atoms with Gasteiger partial charge in [0.25, 0.3) is 0 Å². The van der Waals surface area contributed by atoms with Crippen LogP contribution in [-0.4, -0.2) is 6.18 Å². The van der Waals surface area contributed by atoms with E-state index in [-0.39, 0.29) is 6.42 Å². The van der Waals surface area contributed by atoms with E-state index in [1.807, 2.05) is 19.9 Å². The molecule has 0 heterocycles. The predicted molar refractivity (Wildman–Crippen MR) is 48.5 cm³/mol. The van der Waals surface area contributed by atoms with Crippen LogP contribution in [0.2, 0.25) is 0 Å². The molecule has 0 bridgehead atoms. The van der Waals surface area contributed by atoms with Crippen LogP contribution in [0.4, 0.5) is 13.2 Å². The van der Waals surface area contributed by atoms with Crippen LogP contribution in [0.5, 0.6) is 0 Å². The van der Waals surface area contributed by atoms with Crippen LogP contribution in [-0.2, 0) is 0 Å². The van der Waals surface area contributed by atoms with Crippen LogP contribution >= 0.6 is 0 Å². The quantitative estimate of drug-likeness (QED) is 0.584. The van der Waals surface area contributed by atoms with E-state index in [2.05, 4.69) is 0 Å². The smallest absolute Gasteiger partial charge is 0.171 e. The molecule has 0 aromatic rings. The highest BCUT2D eigenvalue weighted by atomic mass is 19.4. The molecule has 0 radical (unpaired) electrons.